The van der Waals surface area contributed by atoms with Crippen LogP contribution in [0.5, 0.6) is 5.75 Å². The molecular formula is C18H21NOS. The van der Waals surface area contributed by atoms with Gasteiger partial charge in [0.2, 0.25) is 0 Å². The van der Waals surface area contributed by atoms with E-state index in [-0.39, 0.29) is 12.1 Å². The molecule has 3 heteroatoms. The minimum Gasteiger partial charge on any atom is -0.487 e. The molecule has 2 atom stereocenters. The first kappa shape index (κ1) is 14.5. The lowest BCUT2D eigenvalue weighted by Gasteiger charge is -2.30. The summed E-state index contributed by atoms with van der Waals surface area (Å²) in [5, 5.41) is 0. The maximum absolute atomic E-state index is 6.44. The zero-order chi connectivity index (χ0) is 14.8. The number of rotatable bonds is 3. The fourth-order valence-electron chi connectivity index (χ4n) is 2.78. The number of benzene rings is 2. The molecule has 2 unspecified atom stereocenters. The summed E-state index contributed by atoms with van der Waals surface area (Å²) in [5.74, 6) is 1.89. The third kappa shape index (κ3) is 3.09. The fourth-order valence-corrected chi connectivity index (χ4v) is 3.88. The molecule has 2 N–H and O–H groups in total. The molecule has 0 aliphatic carbocycles. The van der Waals surface area contributed by atoms with Gasteiger partial charge in [-0.3, -0.25) is 0 Å². The summed E-state index contributed by atoms with van der Waals surface area (Å²) in [6, 6.07) is 14.6. The maximum atomic E-state index is 6.44. The molecule has 0 spiro atoms. The highest BCUT2D eigenvalue weighted by atomic mass is 32.2. The molecule has 0 amide bonds. The van der Waals surface area contributed by atoms with Gasteiger partial charge in [0.15, 0.2) is 0 Å². The Hall–Kier alpha value is -1.45. The second kappa shape index (κ2) is 6.12. The van der Waals surface area contributed by atoms with Gasteiger partial charge in [-0.05, 0) is 49.1 Å². The van der Waals surface area contributed by atoms with Crippen LogP contribution in [0.3, 0.4) is 0 Å². The second-order valence-electron chi connectivity index (χ2n) is 5.65. The summed E-state index contributed by atoms with van der Waals surface area (Å²) >= 11 is 1.84. The van der Waals surface area contributed by atoms with Gasteiger partial charge in [0.25, 0.3) is 0 Å². The smallest absolute Gasteiger partial charge is 0.133 e. The van der Waals surface area contributed by atoms with E-state index in [9.17, 15) is 0 Å². The van der Waals surface area contributed by atoms with Gasteiger partial charge in [-0.1, -0.05) is 30.3 Å². The Morgan fingerprint density at radius 1 is 1.14 bits per heavy atom. The van der Waals surface area contributed by atoms with Gasteiger partial charge in [0, 0.05) is 16.7 Å². The molecular weight excluding hydrogens is 278 g/mol. The van der Waals surface area contributed by atoms with Crippen molar-refractivity contribution < 1.29 is 4.74 Å². The lowest BCUT2D eigenvalue weighted by molar-refractivity contribution is 0.184. The van der Waals surface area contributed by atoms with Crippen molar-refractivity contribution in [1.82, 2.24) is 0 Å². The number of hydrogen-bond donors (Lipinski definition) is 1. The first-order valence-corrected chi connectivity index (χ1v) is 8.33. The highest BCUT2D eigenvalue weighted by Crippen LogP contribution is 2.35. The second-order valence-corrected chi connectivity index (χ2v) is 6.71. The first-order valence-electron chi connectivity index (χ1n) is 7.34. The zero-order valence-corrected chi connectivity index (χ0v) is 13.3. The monoisotopic (exact) mass is 299 g/mol. The Morgan fingerprint density at radius 3 is 2.62 bits per heavy atom. The molecule has 2 nitrogen and oxygen atoms in total. The predicted molar refractivity (Wildman–Crippen MR) is 89.2 cm³/mol. The Morgan fingerprint density at radius 2 is 1.86 bits per heavy atom. The van der Waals surface area contributed by atoms with Crippen LogP contribution in [0.25, 0.3) is 0 Å². The quantitative estimate of drug-likeness (QED) is 0.938. The van der Waals surface area contributed by atoms with Gasteiger partial charge in [-0.25, -0.2) is 0 Å². The minimum atomic E-state index is 0.0191. The van der Waals surface area contributed by atoms with E-state index < -0.39 is 0 Å². The Kier molecular flexibility index (Phi) is 4.22. The molecule has 21 heavy (non-hydrogen) atoms. The average Bonchev–Trinajstić information content (AvgIpc) is 2.50. The minimum absolute atomic E-state index is 0.0191. The van der Waals surface area contributed by atoms with Crippen LogP contribution >= 0.6 is 11.8 Å². The topological polar surface area (TPSA) is 35.2 Å². The van der Waals surface area contributed by atoms with Crippen molar-refractivity contribution in [2.24, 2.45) is 5.73 Å². The molecule has 1 aliphatic rings. The first-order chi connectivity index (χ1) is 10.1. The van der Waals surface area contributed by atoms with Crippen LogP contribution in [-0.4, -0.2) is 17.9 Å². The Labute approximate surface area is 130 Å². The predicted octanol–water partition coefficient (Wildman–Crippen LogP) is 3.73. The van der Waals surface area contributed by atoms with Crippen molar-refractivity contribution in [3.05, 3.63) is 59.2 Å². The summed E-state index contributed by atoms with van der Waals surface area (Å²) in [6.07, 6.45) is 0.940. The van der Waals surface area contributed by atoms with Crippen LogP contribution in [0, 0.1) is 13.8 Å². The molecule has 0 saturated carbocycles. The summed E-state index contributed by atoms with van der Waals surface area (Å²) in [5.41, 5.74) is 10.4. The van der Waals surface area contributed by atoms with E-state index in [1.54, 1.807) is 0 Å². The van der Waals surface area contributed by atoms with Crippen molar-refractivity contribution in [2.45, 2.75) is 37.3 Å². The molecule has 0 saturated heterocycles. The van der Waals surface area contributed by atoms with E-state index in [1.807, 2.05) is 30.0 Å². The number of ether oxygens (including phenoxy) is 1. The van der Waals surface area contributed by atoms with Crippen LogP contribution in [-0.2, 0) is 6.42 Å². The van der Waals surface area contributed by atoms with Crippen LogP contribution < -0.4 is 10.5 Å². The maximum Gasteiger partial charge on any atom is 0.133 e. The highest BCUT2D eigenvalue weighted by molar-refractivity contribution is 7.99. The van der Waals surface area contributed by atoms with Crippen molar-refractivity contribution in [3.63, 3.8) is 0 Å². The standard InChI is InChI=1S/C18H21NOS/c1-12-6-5-7-13(2)14(12)10-15(19)17-11-21-18-9-4-3-8-16(18)20-17/h3-9,15,17H,10-11,19H2,1-2H3. The largest absolute Gasteiger partial charge is 0.487 e. The third-order valence-corrected chi connectivity index (χ3v) is 5.24. The number of fused-ring (bicyclic) bond motifs is 1. The van der Waals surface area contributed by atoms with Crippen molar-refractivity contribution in [2.75, 3.05) is 5.75 Å². The molecule has 1 aliphatic heterocycles. The van der Waals surface area contributed by atoms with E-state index in [0.717, 1.165) is 17.9 Å². The van der Waals surface area contributed by atoms with Gasteiger partial charge in [-0.2, -0.15) is 0 Å². The third-order valence-electron chi connectivity index (χ3n) is 4.09. The number of nitrogens with two attached hydrogens (primary N) is 1. The SMILES string of the molecule is Cc1cccc(C)c1CC(N)C1CSc2ccccc2O1. The van der Waals surface area contributed by atoms with Crippen molar-refractivity contribution in [3.8, 4) is 5.75 Å². The van der Waals surface area contributed by atoms with E-state index in [1.165, 1.54) is 21.6 Å². The summed E-state index contributed by atoms with van der Waals surface area (Å²) in [6.45, 7) is 4.31. The van der Waals surface area contributed by atoms with E-state index in [0.29, 0.717) is 0 Å². The van der Waals surface area contributed by atoms with Gasteiger partial charge in [0.05, 0.1) is 0 Å². The molecule has 0 radical (unpaired) electrons. The van der Waals surface area contributed by atoms with Gasteiger partial charge in [-0.15, -0.1) is 11.8 Å². The number of thioether (sulfide) groups is 1. The number of hydrogen-bond acceptors (Lipinski definition) is 3. The molecule has 0 bridgehead atoms. The highest BCUT2D eigenvalue weighted by Gasteiger charge is 2.26. The molecule has 2 aromatic rings. The Balaban J connectivity index is 1.74. The lowest BCUT2D eigenvalue weighted by Crippen LogP contribution is -2.43. The van der Waals surface area contributed by atoms with E-state index >= 15 is 0 Å². The van der Waals surface area contributed by atoms with Crippen LogP contribution in [0.2, 0.25) is 0 Å². The number of aryl methyl sites for hydroxylation is 2. The molecule has 110 valence electrons. The molecule has 2 aromatic carbocycles. The summed E-state index contributed by atoms with van der Waals surface area (Å²) in [4.78, 5) is 1.22. The van der Waals surface area contributed by atoms with E-state index in [2.05, 4.69) is 38.1 Å². The molecule has 0 aromatic heterocycles. The van der Waals surface area contributed by atoms with Crippen molar-refractivity contribution in [1.29, 1.82) is 0 Å². The van der Waals surface area contributed by atoms with Crippen LogP contribution in [0.4, 0.5) is 0 Å². The van der Waals surface area contributed by atoms with Crippen LogP contribution in [0.15, 0.2) is 47.4 Å². The fraction of sp³-hybridized carbons (Fsp3) is 0.333. The molecule has 3 rings (SSSR count). The average molecular weight is 299 g/mol. The summed E-state index contributed by atoms with van der Waals surface area (Å²) < 4.78 is 6.10. The van der Waals surface area contributed by atoms with Gasteiger partial charge in [0.1, 0.15) is 11.9 Å². The summed E-state index contributed by atoms with van der Waals surface area (Å²) in [7, 11) is 0. The molecule has 0 fully saturated rings. The lowest BCUT2D eigenvalue weighted by atomic mass is 9.95. The van der Waals surface area contributed by atoms with Gasteiger partial charge >= 0.3 is 0 Å². The van der Waals surface area contributed by atoms with E-state index in [4.69, 9.17) is 10.5 Å². The molecule has 1 heterocycles. The van der Waals surface area contributed by atoms with Gasteiger partial charge < -0.3 is 10.5 Å². The number of para-hydroxylation sites is 1. The van der Waals surface area contributed by atoms with Crippen molar-refractivity contribution >= 4 is 11.8 Å². The Bertz CT molecular complexity index is 621. The normalized spacial score (nSPS) is 18.7. The zero-order valence-electron chi connectivity index (χ0n) is 12.5. The van der Waals surface area contributed by atoms with Crippen LogP contribution in [0.1, 0.15) is 16.7 Å².